The third-order valence-electron chi connectivity index (χ3n) is 5.71. The van der Waals surface area contributed by atoms with Crippen LogP contribution in [0.25, 0.3) is 0 Å². The molecule has 4 nitrogen and oxygen atoms in total. The number of benzene rings is 2. The van der Waals surface area contributed by atoms with Gasteiger partial charge in [0.25, 0.3) is 5.91 Å². The van der Waals surface area contributed by atoms with E-state index in [-0.39, 0.29) is 11.9 Å². The molecule has 4 rings (SSSR count). The van der Waals surface area contributed by atoms with Crippen molar-refractivity contribution in [3.8, 4) is 0 Å². The lowest BCUT2D eigenvalue weighted by Gasteiger charge is -2.20. The molecule has 0 fully saturated rings. The zero-order chi connectivity index (χ0) is 19.5. The van der Waals surface area contributed by atoms with Crippen LogP contribution in [0.2, 0.25) is 0 Å². The van der Waals surface area contributed by atoms with Crippen molar-refractivity contribution in [1.82, 2.24) is 14.9 Å². The van der Waals surface area contributed by atoms with Crippen LogP contribution in [0, 0.1) is 6.92 Å². The highest BCUT2D eigenvalue weighted by Gasteiger charge is 2.15. The zero-order valence-corrected chi connectivity index (χ0v) is 16.6. The van der Waals surface area contributed by atoms with Crippen molar-refractivity contribution in [2.75, 3.05) is 0 Å². The molecule has 2 aromatic carbocycles. The van der Waals surface area contributed by atoms with Crippen LogP contribution in [-0.2, 0) is 19.4 Å². The molecule has 3 aromatic rings. The van der Waals surface area contributed by atoms with Crippen LogP contribution in [-0.4, -0.2) is 15.5 Å². The number of fused-ring (bicyclic) bond motifs is 1. The minimum Gasteiger partial charge on any atom is -0.346 e. The fraction of sp³-hybridized carbons (Fsp3) is 0.333. The maximum atomic E-state index is 12.7. The number of hydrogen-bond acceptors (Lipinski definition) is 2. The number of carbonyl (C=O) groups excluding carboxylic acids is 1. The van der Waals surface area contributed by atoms with E-state index in [2.05, 4.69) is 40.0 Å². The van der Waals surface area contributed by atoms with Gasteiger partial charge >= 0.3 is 0 Å². The quantitative estimate of drug-likeness (QED) is 0.710. The summed E-state index contributed by atoms with van der Waals surface area (Å²) < 4.78 is 2.09. The summed E-state index contributed by atoms with van der Waals surface area (Å²) in [5.41, 5.74) is 5.94. The molecule has 1 aliphatic rings. The monoisotopic (exact) mass is 373 g/mol. The molecule has 0 saturated heterocycles. The van der Waals surface area contributed by atoms with Gasteiger partial charge < -0.3 is 9.88 Å². The van der Waals surface area contributed by atoms with E-state index in [1.165, 1.54) is 36.0 Å². The second kappa shape index (κ2) is 8.01. The number of carbonyl (C=O) groups is 1. The van der Waals surface area contributed by atoms with Gasteiger partial charge in [-0.05, 0) is 73.9 Å². The number of aryl methyl sites for hydroxylation is 3. The van der Waals surface area contributed by atoms with Crippen molar-refractivity contribution in [2.24, 2.45) is 0 Å². The van der Waals surface area contributed by atoms with E-state index in [0.717, 1.165) is 24.4 Å². The first-order chi connectivity index (χ1) is 13.6. The predicted molar refractivity (Wildman–Crippen MR) is 111 cm³/mol. The number of rotatable bonds is 5. The van der Waals surface area contributed by atoms with Crippen molar-refractivity contribution in [2.45, 2.75) is 52.1 Å². The van der Waals surface area contributed by atoms with Crippen LogP contribution in [0.1, 0.15) is 64.2 Å². The molecule has 144 valence electrons. The normalized spacial score (nSPS) is 14.4. The Morgan fingerprint density at radius 2 is 1.86 bits per heavy atom. The SMILES string of the molecule is Cc1nccn1Cc1ccc(C(=O)N[C@H](C)c2ccc3c(c2)CCCC3)cc1. The molecular formula is C24H27N3O. The molecule has 4 heteroatoms. The summed E-state index contributed by atoms with van der Waals surface area (Å²) in [5, 5.41) is 3.14. The van der Waals surface area contributed by atoms with Gasteiger partial charge in [0.1, 0.15) is 5.82 Å². The summed E-state index contributed by atoms with van der Waals surface area (Å²) in [6.45, 7) is 4.81. The smallest absolute Gasteiger partial charge is 0.251 e. The minimum atomic E-state index is -0.0319. The number of nitrogens with zero attached hydrogens (tertiary/aromatic N) is 2. The van der Waals surface area contributed by atoms with Crippen LogP contribution in [0.4, 0.5) is 0 Å². The van der Waals surface area contributed by atoms with Crippen molar-refractivity contribution >= 4 is 5.91 Å². The molecule has 1 aromatic heterocycles. The Morgan fingerprint density at radius 3 is 2.57 bits per heavy atom. The molecule has 0 unspecified atom stereocenters. The summed E-state index contributed by atoms with van der Waals surface area (Å²) >= 11 is 0. The van der Waals surface area contributed by atoms with Crippen molar-refractivity contribution in [3.63, 3.8) is 0 Å². The lowest BCUT2D eigenvalue weighted by Crippen LogP contribution is -2.26. The molecular weight excluding hydrogens is 346 g/mol. The molecule has 0 spiro atoms. The standard InChI is InChI=1S/C24H27N3O/c1-17(22-12-11-20-5-3-4-6-23(20)15-22)26-24(28)21-9-7-19(8-10-21)16-27-14-13-25-18(27)2/h7-15,17H,3-6,16H2,1-2H3,(H,26,28)/t17-/m1/s1. The molecule has 0 radical (unpaired) electrons. The second-order valence-electron chi connectivity index (χ2n) is 7.73. The lowest BCUT2D eigenvalue weighted by molar-refractivity contribution is 0.0940. The maximum Gasteiger partial charge on any atom is 0.251 e. The van der Waals surface area contributed by atoms with E-state index in [1.807, 2.05) is 37.4 Å². The Balaban J connectivity index is 1.41. The first-order valence-electron chi connectivity index (χ1n) is 10.1. The largest absolute Gasteiger partial charge is 0.346 e. The van der Waals surface area contributed by atoms with E-state index in [9.17, 15) is 4.79 Å². The molecule has 0 saturated carbocycles. The van der Waals surface area contributed by atoms with Crippen molar-refractivity contribution in [1.29, 1.82) is 0 Å². The van der Waals surface area contributed by atoms with E-state index in [0.29, 0.717) is 5.56 Å². The zero-order valence-electron chi connectivity index (χ0n) is 16.6. The topological polar surface area (TPSA) is 46.9 Å². The Hall–Kier alpha value is -2.88. The lowest BCUT2D eigenvalue weighted by atomic mass is 9.89. The summed E-state index contributed by atoms with van der Waals surface area (Å²) in [6.07, 6.45) is 8.66. The number of aromatic nitrogens is 2. The summed E-state index contributed by atoms with van der Waals surface area (Å²) in [6, 6.07) is 14.5. The highest BCUT2D eigenvalue weighted by Crippen LogP contribution is 2.25. The average molecular weight is 374 g/mol. The maximum absolute atomic E-state index is 12.7. The van der Waals surface area contributed by atoms with Crippen molar-refractivity contribution < 1.29 is 4.79 Å². The average Bonchev–Trinajstić information content (AvgIpc) is 3.12. The van der Waals surface area contributed by atoms with Crippen LogP contribution >= 0.6 is 0 Å². The van der Waals surface area contributed by atoms with Crippen LogP contribution in [0.5, 0.6) is 0 Å². The first kappa shape index (κ1) is 18.5. The van der Waals surface area contributed by atoms with Gasteiger partial charge in [0.15, 0.2) is 0 Å². The third kappa shape index (κ3) is 4.01. The van der Waals surface area contributed by atoms with E-state index < -0.39 is 0 Å². The Morgan fingerprint density at radius 1 is 1.11 bits per heavy atom. The fourth-order valence-electron chi connectivity index (χ4n) is 3.92. The predicted octanol–water partition coefficient (Wildman–Crippen LogP) is 4.61. The highest BCUT2D eigenvalue weighted by atomic mass is 16.1. The van der Waals surface area contributed by atoms with Crippen molar-refractivity contribution in [3.05, 3.63) is 88.5 Å². The minimum absolute atomic E-state index is 0.00648. The van der Waals surface area contributed by atoms with Gasteiger partial charge in [0.2, 0.25) is 0 Å². The van der Waals surface area contributed by atoms with Crippen LogP contribution < -0.4 is 5.32 Å². The van der Waals surface area contributed by atoms with Gasteiger partial charge in [-0.2, -0.15) is 0 Å². The van der Waals surface area contributed by atoms with E-state index in [4.69, 9.17) is 0 Å². The number of hydrogen-bond donors (Lipinski definition) is 1. The molecule has 0 aliphatic heterocycles. The Bertz CT molecular complexity index is 972. The second-order valence-corrected chi connectivity index (χ2v) is 7.73. The summed E-state index contributed by atoms with van der Waals surface area (Å²) in [4.78, 5) is 16.9. The van der Waals surface area contributed by atoms with E-state index in [1.54, 1.807) is 6.20 Å². The highest BCUT2D eigenvalue weighted by molar-refractivity contribution is 5.94. The fourth-order valence-corrected chi connectivity index (χ4v) is 3.92. The first-order valence-corrected chi connectivity index (χ1v) is 10.1. The van der Waals surface area contributed by atoms with Crippen LogP contribution in [0.15, 0.2) is 54.9 Å². The Labute approximate surface area is 166 Å². The molecule has 1 amide bonds. The van der Waals surface area contributed by atoms with Gasteiger partial charge in [0, 0.05) is 24.5 Å². The summed E-state index contributed by atoms with van der Waals surface area (Å²) in [5.74, 6) is 0.955. The molecule has 0 bridgehead atoms. The van der Waals surface area contributed by atoms with Gasteiger partial charge in [-0.1, -0.05) is 30.3 Å². The third-order valence-corrected chi connectivity index (χ3v) is 5.71. The molecule has 1 atom stereocenters. The molecule has 1 N–H and O–H groups in total. The number of imidazole rings is 1. The number of amides is 1. The summed E-state index contributed by atoms with van der Waals surface area (Å²) in [7, 11) is 0. The number of nitrogens with one attached hydrogen (secondary N) is 1. The molecule has 1 heterocycles. The van der Waals surface area contributed by atoms with Gasteiger partial charge in [-0.3, -0.25) is 4.79 Å². The van der Waals surface area contributed by atoms with Gasteiger partial charge in [-0.25, -0.2) is 4.98 Å². The van der Waals surface area contributed by atoms with Crippen LogP contribution in [0.3, 0.4) is 0 Å². The Kier molecular flexibility index (Phi) is 5.29. The van der Waals surface area contributed by atoms with Gasteiger partial charge in [0.05, 0.1) is 6.04 Å². The molecule has 28 heavy (non-hydrogen) atoms. The van der Waals surface area contributed by atoms with E-state index >= 15 is 0 Å². The molecule has 1 aliphatic carbocycles. The van der Waals surface area contributed by atoms with Gasteiger partial charge in [-0.15, -0.1) is 0 Å².